The molecular weight excluding hydrogens is 242 g/mol. The predicted molar refractivity (Wildman–Crippen MR) is 67.3 cm³/mol. The molecule has 84 valence electrons. The summed E-state index contributed by atoms with van der Waals surface area (Å²) < 4.78 is 2.81. The molecule has 0 bridgehead atoms. The molecule has 1 N–H and O–H groups in total. The maximum atomic E-state index is 5.89. The first-order valence-electron chi connectivity index (χ1n) is 5.48. The second-order valence-corrected chi connectivity index (χ2v) is 5.16. The molecule has 5 heteroatoms. The molecule has 0 spiro atoms. The molecular formula is C11H12ClN3S. The fourth-order valence-electron chi connectivity index (χ4n) is 1.94. The van der Waals surface area contributed by atoms with Gasteiger partial charge in [-0.05, 0) is 30.6 Å². The van der Waals surface area contributed by atoms with Gasteiger partial charge in [0, 0.05) is 12.7 Å². The lowest BCUT2D eigenvalue weighted by Gasteiger charge is -2.02. The Kier molecular flexibility index (Phi) is 2.48. The number of hydrogen-bond donors (Lipinski definition) is 1. The third-order valence-electron chi connectivity index (χ3n) is 3.03. The molecule has 16 heavy (non-hydrogen) atoms. The Morgan fingerprint density at radius 1 is 1.56 bits per heavy atom. The van der Waals surface area contributed by atoms with E-state index in [-0.39, 0.29) is 0 Å². The van der Waals surface area contributed by atoms with Crippen molar-refractivity contribution >= 4 is 35.0 Å². The Bertz CT molecular complexity index is 582. The molecule has 0 saturated heterocycles. The number of nitrogens with zero attached hydrogens (tertiary/aromatic N) is 2. The number of halogens is 1. The van der Waals surface area contributed by atoms with Gasteiger partial charge in [0.1, 0.15) is 0 Å². The summed E-state index contributed by atoms with van der Waals surface area (Å²) in [7, 11) is 0. The number of rotatable bonds is 3. The predicted octanol–water partition coefficient (Wildman–Crippen LogP) is 3.55. The number of imidazole rings is 1. The summed E-state index contributed by atoms with van der Waals surface area (Å²) in [6.45, 7) is 0.956. The molecule has 2 aromatic heterocycles. The van der Waals surface area contributed by atoms with Gasteiger partial charge in [0.15, 0.2) is 10.4 Å². The summed E-state index contributed by atoms with van der Waals surface area (Å²) in [4.78, 5) is 7.48. The molecule has 1 saturated carbocycles. The fourth-order valence-corrected chi connectivity index (χ4v) is 2.39. The highest BCUT2D eigenvalue weighted by Gasteiger charge is 2.21. The minimum Gasteiger partial charge on any atom is -0.329 e. The number of aryl methyl sites for hydroxylation is 1. The van der Waals surface area contributed by atoms with Gasteiger partial charge in [0.05, 0.1) is 10.5 Å². The minimum absolute atomic E-state index is 0.637. The molecule has 2 aromatic rings. The normalized spacial score (nSPS) is 15.8. The Morgan fingerprint density at radius 3 is 3.12 bits per heavy atom. The van der Waals surface area contributed by atoms with Gasteiger partial charge in [-0.15, -0.1) is 0 Å². The fraction of sp³-hybridized carbons (Fsp3) is 0.455. The number of nitrogens with one attached hydrogen (secondary N) is 1. The molecule has 0 aliphatic heterocycles. The van der Waals surface area contributed by atoms with Crippen molar-refractivity contribution in [3.63, 3.8) is 0 Å². The lowest BCUT2D eigenvalue weighted by Crippen LogP contribution is -1.99. The molecule has 0 unspecified atom stereocenters. The van der Waals surface area contributed by atoms with Gasteiger partial charge >= 0.3 is 0 Å². The topological polar surface area (TPSA) is 33.6 Å². The quantitative estimate of drug-likeness (QED) is 0.849. The van der Waals surface area contributed by atoms with Crippen LogP contribution in [0.25, 0.3) is 11.2 Å². The SMILES string of the molecule is S=c1[nH]c2cc(Cl)cnc2n1CCC1CC1. The second kappa shape index (κ2) is 3.86. The zero-order valence-electron chi connectivity index (χ0n) is 8.74. The molecule has 3 nitrogen and oxygen atoms in total. The molecule has 1 aliphatic carbocycles. The van der Waals surface area contributed by atoms with Crippen LogP contribution in [0.3, 0.4) is 0 Å². The molecule has 0 amide bonds. The van der Waals surface area contributed by atoms with Crippen molar-refractivity contribution < 1.29 is 0 Å². The van der Waals surface area contributed by atoms with E-state index in [0.29, 0.717) is 5.02 Å². The molecule has 0 aromatic carbocycles. The van der Waals surface area contributed by atoms with E-state index in [1.807, 2.05) is 6.07 Å². The van der Waals surface area contributed by atoms with Crippen molar-refractivity contribution in [3.8, 4) is 0 Å². The number of aromatic nitrogens is 3. The number of pyridine rings is 1. The van der Waals surface area contributed by atoms with Crippen LogP contribution in [0.2, 0.25) is 5.02 Å². The third kappa shape index (κ3) is 1.87. The van der Waals surface area contributed by atoms with E-state index in [9.17, 15) is 0 Å². The van der Waals surface area contributed by atoms with Gasteiger partial charge < -0.3 is 9.55 Å². The van der Waals surface area contributed by atoms with Gasteiger partial charge in [-0.1, -0.05) is 24.4 Å². The van der Waals surface area contributed by atoms with Crippen molar-refractivity contribution in [2.75, 3.05) is 0 Å². The first kappa shape index (κ1) is 10.3. The molecule has 2 heterocycles. The third-order valence-corrected chi connectivity index (χ3v) is 3.56. The average molecular weight is 254 g/mol. The second-order valence-electron chi connectivity index (χ2n) is 4.34. The van der Waals surface area contributed by atoms with Crippen molar-refractivity contribution in [3.05, 3.63) is 22.1 Å². The number of H-pyrrole nitrogens is 1. The van der Waals surface area contributed by atoms with E-state index in [1.165, 1.54) is 19.3 Å². The van der Waals surface area contributed by atoms with Crippen LogP contribution in [0.1, 0.15) is 19.3 Å². The van der Waals surface area contributed by atoms with E-state index in [2.05, 4.69) is 14.5 Å². The maximum Gasteiger partial charge on any atom is 0.179 e. The number of aromatic amines is 1. The first-order chi connectivity index (χ1) is 7.74. The highest BCUT2D eigenvalue weighted by atomic mass is 35.5. The van der Waals surface area contributed by atoms with Crippen LogP contribution in [0.15, 0.2) is 12.3 Å². The van der Waals surface area contributed by atoms with Gasteiger partial charge in [0.25, 0.3) is 0 Å². The van der Waals surface area contributed by atoms with Crippen LogP contribution in [0, 0.1) is 10.7 Å². The summed E-state index contributed by atoms with van der Waals surface area (Å²) in [5.74, 6) is 0.902. The lowest BCUT2D eigenvalue weighted by atomic mass is 10.3. The molecule has 3 rings (SSSR count). The number of fused-ring (bicyclic) bond motifs is 1. The summed E-state index contributed by atoms with van der Waals surface area (Å²) in [6, 6.07) is 1.87. The molecule has 0 radical (unpaired) electrons. The summed E-state index contributed by atoms with van der Waals surface area (Å²) >= 11 is 11.2. The zero-order valence-corrected chi connectivity index (χ0v) is 10.3. The largest absolute Gasteiger partial charge is 0.329 e. The van der Waals surface area contributed by atoms with Crippen molar-refractivity contribution in [1.29, 1.82) is 0 Å². The molecule has 0 atom stereocenters. The van der Waals surface area contributed by atoms with Crippen LogP contribution in [-0.4, -0.2) is 14.5 Å². The van der Waals surface area contributed by atoms with Crippen LogP contribution < -0.4 is 0 Å². The van der Waals surface area contributed by atoms with Gasteiger partial charge in [-0.3, -0.25) is 0 Å². The van der Waals surface area contributed by atoms with E-state index < -0.39 is 0 Å². The summed E-state index contributed by atoms with van der Waals surface area (Å²) in [6.07, 6.45) is 5.61. The van der Waals surface area contributed by atoms with Crippen LogP contribution >= 0.6 is 23.8 Å². The highest BCUT2D eigenvalue weighted by Crippen LogP contribution is 2.33. The lowest BCUT2D eigenvalue weighted by molar-refractivity contribution is 0.600. The summed E-state index contributed by atoms with van der Waals surface area (Å²) in [5.41, 5.74) is 1.84. The van der Waals surface area contributed by atoms with Crippen LogP contribution in [0.5, 0.6) is 0 Å². The van der Waals surface area contributed by atoms with E-state index in [4.69, 9.17) is 23.8 Å². The smallest absolute Gasteiger partial charge is 0.179 e. The Hall–Kier alpha value is -0.870. The Morgan fingerprint density at radius 2 is 2.38 bits per heavy atom. The average Bonchev–Trinajstić information content (AvgIpc) is 3.00. The highest BCUT2D eigenvalue weighted by molar-refractivity contribution is 7.71. The summed E-state index contributed by atoms with van der Waals surface area (Å²) in [5, 5.41) is 0.637. The van der Waals surface area contributed by atoms with E-state index in [1.54, 1.807) is 6.20 Å². The van der Waals surface area contributed by atoms with Gasteiger partial charge in [0.2, 0.25) is 0 Å². The van der Waals surface area contributed by atoms with Gasteiger partial charge in [-0.2, -0.15) is 0 Å². The zero-order chi connectivity index (χ0) is 11.1. The van der Waals surface area contributed by atoms with E-state index in [0.717, 1.165) is 28.4 Å². The van der Waals surface area contributed by atoms with E-state index >= 15 is 0 Å². The van der Waals surface area contributed by atoms with Crippen molar-refractivity contribution in [2.24, 2.45) is 5.92 Å². The van der Waals surface area contributed by atoms with Gasteiger partial charge in [-0.25, -0.2) is 4.98 Å². The molecule has 1 fully saturated rings. The maximum absolute atomic E-state index is 5.89. The molecule has 1 aliphatic rings. The van der Waals surface area contributed by atoms with Crippen molar-refractivity contribution in [1.82, 2.24) is 14.5 Å². The monoisotopic (exact) mass is 253 g/mol. The first-order valence-corrected chi connectivity index (χ1v) is 6.27. The minimum atomic E-state index is 0.637. The van der Waals surface area contributed by atoms with Crippen LogP contribution in [-0.2, 0) is 6.54 Å². The Balaban J connectivity index is 2.01. The van der Waals surface area contributed by atoms with Crippen LogP contribution in [0.4, 0.5) is 0 Å². The van der Waals surface area contributed by atoms with Crippen molar-refractivity contribution in [2.45, 2.75) is 25.8 Å². The standard InChI is InChI=1S/C11H12ClN3S/c12-8-5-9-10(13-6-8)15(11(16)14-9)4-3-7-1-2-7/h5-7H,1-4H2,(H,14,16). The Labute approximate surface area is 103 Å². The number of hydrogen-bond acceptors (Lipinski definition) is 2.